The molecule has 1 heterocycles. The van der Waals surface area contributed by atoms with Crippen molar-refractivity contribution in [3.8, 4) is 0 Å². The van der Waals surface area contributed by atoms with Crippen molar-refractivity contribution in [1.29, 1.82) is 0 Å². The zero-order valence-corrected chi connectivity index (χ0v) is 17.4. The summed E-state index contributed by atoms with van der Waals surface area (Å²) in [5.74, 6) is 1.33. The summed E-state index contributed by atoms with van der Waals surface area (Å²) in [5, 5.41) is 3.78. The average molecular weight is 403 g/mol. The number of rotatable bonds is 6. The summed E-state index contributed by atoms with van der Waals surface area (Å²) in [5.41, 5.74) is 5.15. The Balaban J connectivity index is 1.49. The highest BCUT2D eigenvalue weighted by atomic mass is 15.1. The second kappa shape index (κ2) is 9.01. The van der Waals surface area contributed by atoms with Crippen LogP contribution in [-0.4, -0.2) is 5.84 Å². The van der Waals surface area contributed by atoms with Crippen molar-refractivity contribution in [3.05, 3.63) is 144 Å². The van der Waals surface area contributed by atoms with E-state index in [1.54, 1.807) is 0 Å². The molecule has 4 aromatic rings. The monoisotopic (exact) mass is 402 g/mol. The number of aliphatic imine (C=N–C) groups is 1. The van der Waals surface area contributed by atoms with Crippen molar-refractivity contribution in [2.75, 3.05) is 0 Å². The minimum Gasteiger partial charge on any atom is -0.364 e. The Labute approximate surface area is 184 Å². The summed E-state index contributed by atoms with van der Waals surface area (Å²) >= 11 is 0. The summed E-state index contributed by atoms with van der Waals surface area (Å²) in [7, 11) is 0. The molecule has 0 amide bonds. The highest BCUT2D eigenvalue weighted by Gasteiger charge is 2.32. The summed E-state index contributed by atoms with van der Waals surface area (Å²) in [6.07, 6.45) is 0.848. The molecule has 4 aromatic carbocycles. The van der Waals surface area contributed by atoms with Gasteiger partial charge >= 0.3 is 0 Å². The van der Waals surface area contributed by atoms with Gasteiger partial charge in [-0.3, -0.25) is 4.99 Å². The van der Waals surface area contributed by atoms with E-state index in [2.05, 4.69) is 127 Å². The van der Waals surface area contributed by atoms with Gasteiger partial charge in [-0.25, -0.2) is 0 Å². The van der Waals surface area contributed by atoms with Crippen LogP contribution in [0.25, 0.3) is 0 Å². The molecule has 0 radical (unpaired) electrons. The van der Waals surface area contributed by atoms with Crippen LogP contribution in [0.15, 0.2) is 126 Å². The number of nitrogens with zero attached hydrogens (tertiary/aromatic N) is 1. The summed E-state index contributed by atoms with van der Waals surface area (Å²) in [4.78, 5) is 5.21. The van der Waals surface area contributed by atoms with Crippen molar-refractivity contribution in [2.24, 2.45) is 4.99 Å². The highest BCUT2D eigenvalue weighted by Crippen LogP contribution is 2.38. The number of nitrogens with one attached hydrogen (secondary N) is 1. The first-order valence-corrected chi connectivity index (χ1v) is 10.9. The topological polar surface area (TPSA) is 24.4 Å². The molecule has 31 heavy (non-hydrogen) atoms. The van der Waals surface area contributed by atoms with E-state index in [0.29, 0.717) is 0 Å². The van der Waals surface area contributed by atoms with Gasteiger partial charge in [-0.05, 0) is 22.3 Å². The van der Waals surface area contributed by atoms with Gasteiger partial charge in [-0.2, -0.15) is 0 Å². The maximum absolute atomic E-state index is 5.21. The second-order valence-electron chi connectivity index (χ2n) is 8.04. The average Bonchev–Trinajstić information content (AvgIpc) is 3.29. The molecule has 1 aliphatic heterocycles. The van der Waals surface area contributed by atoms with E-state index in [0.717, 1.165) is 12.3 Å². The summed E-state index contributed by atoms with van der Waals surface area (Å²) in [6, 6.07) is 43.0. The van der Waals surface area contributed by atoms with Crippen LogP contribution in [0.3, 0.4) is 0 Å². The molecule has 2 heteroatoms. The van der Waals surface area contributed by atoms with Crippen LogP contribution in [0.4, 0.5) is 0 Å². The third kappa shape index (κ3) is 4.29. The molecule has 152 valence electrons. The van der Waals surface area contributed by atoms with Gasteiger partial charge in [0.25, 0.3) is 0 Å². The van der Waals surface area contributed by atoms with Crippen LogP contribution in [0.5, 0.6) is 0 Å². The number of hydrogen-bond donors (Lipinski definition) is 1. The van der Waals surface area contributed by atoms with Gasteiger partial charge in [0.1, 0.15) is 6.04 Å². The Morgan fingerprint density at radius 3 is 1.55 bits per heavy atom. The molecule has 0 aromatic heterocycles. The Morgan fingerprint density at radius 2 is 1.03 bits per heavy atom. The van der Waals surface area contributed by atoms with Gasteiger partial charge in [0.05, 0.1) is 11.9 Å². The van der Waals surface area contributed by atoms with E-state index >= 15 is 0 Å². The van der Waals surface area contributed by atoms with Gasteiger partial charge in [0.15, 0.2) is 0 Å². The van der Waals surface area contributed by atoms with Gasteiger partial charge in [-0.1, -0.05) is 121 Å². The molecule has 0 spiro atoms. The third-order valence-electron chi connectivity index (χ3n) is 6.03. The predicted octanol–water partition coefficient (Wildman–Crippen LogP) is 6.69. The first-order valence-electron chi connectivity index (χ1n) is 10.9. The van der Waals surface area contributed by atoms with Crippen LogP contribution < -0.4 is 5.32 Å². The molecule has 0 saturated carbocycles. The van der Waals surface area contributed by atoms with Gasteiger partial charge in [-0.15, -0.1) is 0 Å². The molecule has 0 aliphatic carbocycles. The maximum Gasteiger partial charge on any atom is 0.101 e. The van der Waals surface area contributed by atoms with Gasteiger partial charge in [0.2, 0.25) is 0 Å². The predicted molar refractivity (Wildman–Crippen MR) is 128 cm³/mol. The Morgan fingerprint density at radius 1 is 0.581 bits per heavy atom. The molecule has 0 unspecified atom stereocenters. The minimum atomic E-state index is 0.0748. The first kappa shape index (κ1) is 19.3. The van der Waals surface area contributed by atoms with Crippen molar-refractivity contribution in [1.82, 2.24) is 5.32 Å². The lowest BCUT2D eigenvalue weighted by Crippen LogP contribution is -2.26. The normalized spacial score (nSPS) is 17.9. The molecular weight excluding hydrogens is 376 g/mol. The fraction of sp³-hybridized carbons (Fsp3) is 0.138. The molecule has 5 rings (SSSR count). The first-order chi connectivity index (χ1) is 15.4. The summed E-state index contributed by atoms with van der Waals surface area (Å²) < 4.78 is 0. The summed E-state index contributed by atoms with van der Waals surface area (Å²) in [6.45, 7) is 0. The van der Waals surface area contributed by atoms with E-state index in [1.165, 1.54) is 22.3 Å². The lowest BCUT2D eigenvalue weighted by molar-refractivity contribution is 0.571. The van der Waals surface area contributed by atoms with E-state index in [9.17, 15) is 0 Å². The Hall–Kier alpha value is -3.65. The zero-order valence-electron chi connectivity index (χ0n) is 17.4. The molecule has 1 N–H and O–H groups in total. The van der Waals surface area contributed by atoms with Crippen LogP contribution in [0.1, 0.15) is 46.7 Å². The quantitative estimate of drug-likeness (QED) is 0.382. The minimum absolute atomic E-state index is 0.0748. The number of benzene rings is 4. The largest absolute Gasteiger partial charge is 0.364 e. The van der Waals surface area contributed by atoms with Gasteiger partial charge < -0.3 is 5.32 Å². The van der Waals surface area contributed by atoms with Crippen LogP contribution >= 0.6 is 0 Å². The fourth-order valence-electron chi connectivity index (χ4n) is 4.49. The Bertz CT molecular complexity index is 1080. The van der Waals surface area contributed by atoms with Crippen LogP contribution in [-0.2, 0) is 0 Å². The third-order valence-corrected chi connectivity index (χ3v) is 6.03. The van der Waals surface area contributed by atoms with Crippen LogP contribution in [0.2, 0.25) is 0 Å². The molecule has 1 aliphatic rings. The van der Waals surface area contributed by atoms with E-state index in [1.807, 2.05) is 0 Å². The smallest absolute Gasteiger partial charge is 0.101 e. The SMILES string of the molecule is c1ccc(C(CC2=N[C@@H](c3ccccc3)[C@@H](c3ccccc3)N2)c2ccccc2)cc1. The van der Waals surface area contributed by atoms with Crippen molar-refractivity contribution < 1.29 is 0 Å². The molecule has 0 fully saturated rings. The van der Waals surface area contributed by atoms with E-state index < -0.39 is 0 Å². The maximum atomic E-state index is 5.21. The molecule has 2 atom stereocenters. The van der Waals surface area contributed by atoms with Gasteiger partial charge in [0, 0.05) is 12.3 Å². The van der Waals surface area contributed by atoms with Crippen molar-refractivity contribution in [3.63, 3.8) is 0 Å². The van der Waals surface area contributed by atoms with E-state index in [4.69, 9.17) is 4.99 Å². The standard InChI is InChI=1S/C29H26N2/c1-5-13-22(14-6-1)26(23-15-7-2-8-16-23)21-27-30-28(24-17-9-3-10-18-24)29(31-27)25-19-11-4-12-20-25/h1-20,26,28-29H,21H2,(H,30,31)/t28-,29+. The van der Waals surface area contributed by atoms with Crippen LogP contribution in [0, 0.1) is 0 Å². The van der Waals surface area contributed by atoms with Crippen molar-refractivity contribution >= 4 is 5.84 Å². The van der Waals surface area contributed by atoms with E-state index in [-0.39, 0.29) is 18.0 Å². The Kier molecular flexibility index (Phi) is 5.62. The second-order valence-corrected chi connectivity index (χ2v) is 8.04. The lowest BCUT2D eigenvalue weighted by atomic mass is 9.88. The lowest BCUT2D eigenvalue weighted by Gasteiger charge is -2.21. The molecule has 0 saturated heterocycles. The molecule has 2 nitrogen and oxygen atoms in total. The zero-order chi connectivity index (χ0) is 20.9. The highest BCUT2D eigenvalue weighted by molar-refractivity contribution is 5.86. The fourth-order valence-corrected chi connectivity index (χ4v) is 4.49. The van der Waals surface area contributed by atoms with Crippen molar-refractivity contribution in [2.45, 2.75) is 24.4 Å². The number of amidine groups is 1. The molecule has 0 bridgehead atoms. The molecular formula is C29H26N2. The number of hydrogen-bond acceptors (Lipinski definition) is 2.